The number of methoxy groups -OCH3 is 2. The van der Waals surface area contributed by atoms with Crippen molar-refractivity contribution in [3.8, 4) is 0 Å². The number of carboxylic acids is 2. The Morgan fingerprint density at radius 3 is 1.24 bits per heavy atom. The molecular formula is C34H47LiN6O13. The van der Waals surface area contributed by atoms with Crippen molar-refractivity contribution in [3.63, 3.8) is 0 Å². The maximum Gasteiger partial charge on any atom is 1.00 e. The molecule has 0 atom stereocenters. The first-order valence-corrected chi connectivity index (χ1v) is 16.3. The fraction of sp³-hybridized carbons (Fsp3) is 0.529. The van der Waals surface area contributed by atoms with Crippen LogP contribution >= 0.6 is 0 Å². The monoisotopic (exact) mass is 754 g/mol. The van der Waals surface area contributed by atoms with Gasteiger partial charge in [-0.2, -0.15) is 0 Å². The van der Waals surface area contributed by atoms with Gasteiger partial charge in [0.1, 0.15) is 22.8 Å². The predicted molar refractivity (Wildman–Crippen MR) is 187 cm³/mol. The van der Waals surface area contributed by atoms with E-state index in [4.69, 9.17) is 19.3 Å². The van der Waals surface area contributed by atoms with E-state index in [2.05, 4.69) is 14.7 Å². The Hall–Kier alpha value is -5.12. The van der Waals surface area contributed by atoms with Gasteiger partial charge in [0.15, 0.2) is 0 Å². The zero-order valence-electron chi connectivity index (χ0n) is 32.1. The quantitative estimate of drug-likeness (QED) is 0.225. The van der Waals surface area contributed by atoms with Gasteiger partial charge in [-0.05, 0) is 53.7 Å². The average Bonchev–Trinajstić information content (AvgIpc) is 3.09. The molecule has 2 aromatic rings. The van der Waals surface area contributed by atoms with Gasteiger partial charge in [0, 0.05) is 64.8 Å². The SMILES string of the molecule is CC(C)(C)OC(=O)N1CCN(c2cc(C(=O)O)c(C(=O)O)cn2)CC1.COC(=O)c1cnc(N2CCN(C(=O)OC(C)(C)C)CC2)cc1C(=O)OC.[Li+].[OH-]. The number of hydrogen-bond acceptors (Lipinski definition) is 15. The second-order valence-electron chi connectivity index (χ2n) is 13.7. The molecule has 2 aliphatic rings. The van der Waals surface area contributed by atoms with Crippen LogP contribution in [-0.4, -0.2) is 149 Å². The Bertz CT molecular complexity index is 1660. The molecule has 2 amide bonds. The van der Waals surface area contributed by atoms with Crippen LogP contribution in [0.3, 0.4) is 0 Å². The Balaban J connectivity index is 0.000000522. The summed E-state index contributed by atoms with van der Waals surface area (Å²) in [7, 11) is 2.47. The van der Waals surface area contributed by atoms with Crippen molar-refractivity contribution >= 4 is 47.7 Å². The molecule has 0 radical (unpaired) electrons. The summed E-state index contributed by atoms with van der Waals surface area (Å²) in [6, 6.07) is 2.75. The Morgan fingerprint density at radius 2 is 0.907 bits per heavy atom. The topological polar surface area (TPSA) is 249 Å². The van der Waals surface area contributed by atoms with Crippen LogP contribution in [0.25, 0.3) is 0 Å². The molecule has 0 bridgehead atoms. The standard InChI is InChI=1S/C18H25N3O6.C16H21N3O6.Li.H2O/c1-18(2,3)27-17(24)21-8-6-20(7-9-21)14-10-12(15(22)25-4)13(11-19-14)16(23)26-5;1-16(2,3)25-15(24)19-6-4-18(5-7-19)12-8-10(13(20)21)11(9-17-12)14(22)23;;/h10-11H,6-9H2,1-5H3;8-9H,4-7H2,1-3H3,(H,20,21)(H,22,23);;1H2/q;;+1;/p-1. The third-order valence-electron chi connectivity index (χ3n) is 7.56. The normalized spacial score (nSPS) is 14.2. The zero-order valence-corrected chi connectivity index (χ0v) is 32.1. The molecule has 0 unspecified atom stereocenters. The van der Waals surface area contributed by atoms with Gasteiger partial charge in [-0.3, -0.25) is 0 Å². The third kappa shape index (κ3) is 13.1. The molecule has 292 valence electrons. The number of rotatable bonds is 6. The van der Waals surface area contributed by atoms with E-state index in [1.807, 2.05) is 25.7 Å². The van der Waals surface area contributed by atoms with Gasteiger partial charge in [-0.1, -0.05) is 0 Å². The first kappa shape index (κ1) is 46.9. The van der Waals surface area contributed by atoms with E-state index in [0.29, 0.717) is 64.0 Å². The van der Waals surface area contributed by atoms with Gasteiger partial charge in [0.25, 0.3) is 0 Å². The molecule has 2 fully saturated rings. The van der Waals surface area contributed by atoms with Crippen molar-refractivity contribution < 1.29 is 82.3 Å². The number of carbonyl (C=O) groups is 6. The maximum atomic E-state index is 12.1. The van der Waals surface area contributed by atoms with E-state index in [0.717, 1.165) is 6.20 Å². The van der Waals surface area contributed by atoms with Crippen LogP contribution in [-0.2, 0) is 18.9 Å². The number of carboxylic acid groups (broad SMARTS) is 2. The van der Waals surface area contributed by atoms with E-state index in [9.17, 15) is 33.9 Å². The molecule has 4 heterocycles. The molecule has 3 N–H and O–H groups in total. The largest absolute Gasteiger partial charge is 1.00 e. The number of piperazine rings is 2. The van der Waals surface area contributed by atoms with Crippen LogP contribution in [0.5, 0.6) is 0 Å². The van der Waals surface area contributed by atoms with Gasteiger partial charge >= 0.3 is 54.9 Å². The Labute approximate surface area is 325 Å². The number of anilines is 2. The minimum atomic E-state index is -1.34. The van der Waals surface area contributed by atoms with Crippen LogP contribution in [0.4, 0.5) is 21.2 Å². The second kappa shape index (κ2) is 19.8. The molecule has 20 heteroatoms. The van der Waals surface area contributed by atoms with Gasteiger partial charge in [-0.25, -0.2) is 38.7 Å². The number of esters is 2. The van der Waals surface area contributed by atoms with E-state index in [1.165, 1.54) is 32.5 Å². The summed E-state index contributed by atoms with van der Waals surface area (Å²) in [4.78, 5) is 85.6. The van der Waals surface area contributed by atoms with Crippen LogP contribution in [0.1, 0.15) is 83.0 Å². The number of hydrogen-bond donors (Lipinski definition) is 2. The summed E-state index contributed by atoms with van der Waals surface area (Å²) in [5.74, 6) is -3.09. The van der Waals surface area contributed by atoms with E-state index in [-0.39, 0.29) is 52.7 Å². The number of aromatic carboxylic acids is 2. The van der Waals surface area contributed by atoms with Crippen LogP contribution in [0, 0.1) is 0 Å². The molecular weight excluding hydrogens is 707 g/mol. The molecule has 0 aliphatic carbocycles. The summed E-state index contributed by atoms with van der Waals surface area (Å²) in [6.45, 7) is 14.5. The van der Waals surface area contributed by atoms with Crippen molar-refractivity contribution in [1.82, 2.24) is 19.8 Å². The van der Waals surface area contributed by atoms with Crippen molar-refractivity contribution in [2.24, 2.45) is 0 Å². The second-order valence-corrected chi connectivity index (χ2v) is 13.7. The van der Waals surface area contributed by atoms with Gasteiger partial charge in [0.2, 0.25) is 0 Å². The number of nitrogens with zero attached hydrogens (tertiary/aromatic N) is 6. The molecule has 0 aromatic carbocycles. The predicted octanol–water partition coefficient (Wildman–Crippen LogP) is 0.0742. The van der Waals surface area contributed by atoms with E-state index < -0.39 is 41.2 Å². The molecule has 0 spiro atoms. The molecule has 54 heavy (non-hydrogen) atoms. The smallest absolute Gasteiger partial charge is 0.870 e. The molecule has 2 aromatic heterocycles. The number of pyridine rings is 2. The summed E-state index contributed by atoms with van der Waals surface area (Å²) in [6.07, 6.45) is 1.59. The summed E-state index contributed by atoms with van der Waals surface area (Å²) in [5.41, 5.74) is -1.66. The number of amides is 2. The van der Waals surface area contributed by atoms with Crippen molar-refractivity contribution in [1.29, 1.82) is 0 Å². The van der Waals surface area contributed by atoms with E-state index in [1.54, 1.807) is 35.5 Å². The van der Waals surface area contributed by atoms with Crippen LogP contribution < -0.4 is 28.7 Å². The molecule has 4 rings (SSSR count). The Morgan fingerprint density at radius 1 is 0.574 bits per heavy atom. The van der Waals surface area contributed by atoms with Crippen LogP contribution in [0.15, 0.2) is 24.5 Å². The minimum absolute atomic E-state index is 0. The van der Waals surface area contributed by atoms with Gasteiger partial charge in [-0.15, -0.1) is 0 Å². The zero-order chi connectivity index (χ0) is 39.0. The minimum Gasteiger partial charge on any atom is -0.870 e. The fourth-order valence-corrected chi connectivity index (χ4v) is 5.02. The Kier molecular flexibility index (Phi) is 17.2. The average molecular weight is 755 g/mol. The third-order valence-corrected chi connectivity index (χ3v) is 7.56. The fourth-order valence-electron chi connectivity index (χ4n) is 5.02. The van der Waals surface area contributed by atoms with Crippen molar-refractivity contribution in [3.05, 3.63) is 46.8 Å². The molecule has 19 nitrogen and oxygen atoms in total. The molecule has 2 saturated heterocycles. The molecule has 0 saturated carbocycles. The van der Waals surface area contributed by atoms with Crippen molar-refractivity contribution in [2.45, 2.75) is 52.7 Å². The maximum absolute atomic E-state index is 12.1. The summed E-state index contributed by atoms with van der Waals surface area (Å²) >= 11 is 0. The number of carbonyl (C=O) groups excluding carboxylic acids is 4. The van der Waals surface area contributed by atoms with Crippen molar-refractivity contribution in [2.75, 3.05) is 76.4 Å². The first-order chi connectivity index (χ1) is 24.2. The number of aromatic nitrogens is 2. The number of ether oxygens (including phenoxy) is 4. The summed E-state index contributed by atoms with van der Waals surface area (Å²) in [5, 5.41) is 18.2. The van der Waals surface area contributed by atoms with Gasteiger partial charge in [0.05, 0.1) is 36.5 Å². The first-order valence-electron chi connectivity index (χ1n) is 16.3. The van der Waals surface area contributed by atoms with Gasteiger partial charge < -0.3 is 54.2 Å². The molecule has 2 aliphatic heterocycles. The van der Waals surface area contributed by atoms with Crippen LogP contribution in [0.2, 0.25) is 0 Å². The summed E-state index contributed by atoms with van der Waals surface area (Å²) < 4.78 is 20.1. The van der Waals surface area contributed by atoms with E-state index >= 15 is 0 Å².